The van der Waals surface area contributed by atoms with Crippen LogP contribution in [0.2, 0.25) is 5.02 Å². The van der Waals surface area contributed by atoms with Gasteiger partial charge in [-0.3, -0.25) is 0 Å². The van der Waals surface area contributed by atoms with Crippen LogP contribution in [0.4, 0.5) is 0 Å². The van der Waals surface area contributed by atoms with E-state index in [2.05, 4.69) is 11.9 Å². The number of rotatable bonds is 2. The summed E-state index contributed by atoms with van der Waals surface area (Å²) < 4.78 is 5.37. The van der Waals surface area contributed by atoms with Crippen LogP contribution < -0.4 is 0 Å². The van der Waals surface area contributed by atoms with Gasteiger partial charge in [0.25, 0.3) is 0 Å². The lowest BCUT2D eigenvalue weighted by Gasteiger charge is -1.98. The average Bonchev–Trinajstić information content (AvgIpc) is 2.97. The third-order valence-corrected chi connectivity index (χ3v) is 3.85. The molecular weight excluding hydrogens is 266 g/mol. The van der Waals surface area contributed by atoms with Crippen molar-refractivity contribution in [3.63, 3.8) is 0 Å². The van der Waals surface area contributed by atoms with Gasteiger partial charge in [-0.2, -0.15) is 0 Å². The third kappa shape index (κ3) is 2.07. The summed E-state index contributed by atoms with van der Waals surface area (Å²) in [4.78, 5) is 5.79. The summed E-state index contributed by atoms with van der Waals surface area (Å²) in [6, 6.07) is 11.5. The van der Waals surface area contributed by atoms with E-state index in [4.69, 9.17) is 16.0 Å². The standard InChI is InChI=1S/C14H10ClNOS/c1-9-13(10-4-2-5-11(15)8-10)16-14(18-9)12-6-3-7-17-12/h2-8H,1H3. The maximum Gasteiger partial charge on any atom is 0.162 e. The Hall–Kier alpha value is -1.58. The van der Waals surface area contributed by atoms with Crippen molar-refractivity contribution in [3.05, 3.63) is 52.6 Å². The van der Waals surface area contributed by atoms with E-state index in [1.165, 1.54) is 0 Å². The van der Waals surface area contributed by atoms with Crippen LogP contribution in [0.25, 0.3) is 22.0 Å². The highest BCUT2D eigenvalue weighted by Gasteiger charge is 2.12. The summed E-state index contributed by atoms with van der Waals surface area (Å²) in [5.74, 6) is 0.802. The summed E-state index contributed by atoms with van der Waals surface area (Å²) in [6.45, 7) is 2.06. The van der Waals surface area contributed by atoms with Gasteiger partial charge in [-0.1, -0.05) is 23.7 Å². The van der Waals surface area contributed by atoms with Gasteiger partial charge in [0.15, 0.2) is 10.8 Å². The predicted octanol–water partition coefficient (Wildman–Crippen LogP) is 5.03. The second-order valence-electron chi connectivity index (χ2n) is 3.91. The number of benzene rings is 1. The zero-order valence-electron chi connectivity index (χ0n) is 9.68. The van der Waals surface area contributed by atoms with Gasteiger partial charge in [0.05, 0.1) is 12.0 Å². The van der Waals surface area contributed by atoms with E-state index in [1.54, 1.807) is 17.6 Å². The normalized spacial score (nSPS) is 10.8. The zero-order valence-corrected chi connectivity index (χ0v) is 11.3. The highest BCUT2D eigenvalue weighted by molar-refractivity contribution is 7.15. The van der Waals surface area contributed by atoms with Crippen LogP contribution in [-0.2, 0) is 0 Å². The number of nitrogens with zero attached hydrogens (tertiary/aromatic N) is 1. The molecule has 0 amide bonds. The van der Waals surface area contributed by atoms with Crippen LogP contribution in [-0.4, -0.2) is 4.98 Å². The molecule has 0 N–H and O–H groups in total. The molecule has 18 heavy (non-hydrogen) atoms. The molecule has 0 saturated heterocycles. The maximum atomic E-state index is 6.01. The first-order valence-electron chi connectivity index (χ1n) is 5.51. The molecule has 3 rings (SSSR count). The number of furan rings is 1. The average molecular weight is 276 g/mol. The minimum atomic E-state index is 0.722. The fourth-order valence-corrected chi connectivity index (χ4v) is 2.90. The first kappa shape index (κ1) is 11.5. The van der Waals surface area contributed by atoms with Crippen molar-refractivity contribution in [1.29, 1.82) is 0 Å². The Kier molecular flexibility index (Phi) is 2.94. The van der Waals surface area contributed by atoms with E-state index >= 15 is 0 Å². The SMILES string of the molecule is Cc1sc(-c2ccco2)nc1-c1cccc(Cl)c1. The Morgan fingerprint density at radius 1 is 1.22 bits per heavy atom. The molecule has 0 aliphatic rings. The van der Waals surface area contributed by atoms with Gasteiger partial charge >= 0.3 is 0 Å². The largest absolute Gasteiger partial charge is 0.462 e. The Labute approximate surface area is 114 Å². The Morgan fingerprint density at radius 2 is 2.11 bits per heavy atom. The Bertz CT molecular complexity index is 673. The smallest absolute Gasteiger partial charge is 0.162 e. The molecule has 0 saturated carbocycles. The summed E-state index contributed by atoms with van der Waals surface area (Å²) in [6.07, 6.45) is 1.66. The first-order valence-corrected chi connectivity index (χ1v) is 6.71. The maximum absolute atomic E-state index is 6.01. The van der Waals surface area contributed by atoms with Gasteiger partial charge in [0.2, 0.25) is 0 Å². The lowest BCUT2D eigenvalue weighted by molar-refractivity contribution is 0.582. The van der Waals surface area contributed by atoms with Crippen molar-refractivity contribution in [2.45, 2.75) is 6.92 Å². The molecule has 0 aliphatic heterocycles. The number of aryl methyl sites for hydroxylation is 1. The van der Waals surface area contributed by atoms with Crippen molar-refractivity contribution >= 4 is 22.9 Å². The summed E-state index contributed by atoms with van der Waals surface area (Å²) in [7, 11) is 0. The van der Waals surface area contributed by atoms with Crippen LogP contribution in [0, 0.1) is 6.92 Å². The topological polar surface area (TPSA) is 26.0 Å². The molecule has 2 heterocycles. The van der Waals surface area contributed by atoms with Gasteiger partial charge in [-0.05, 0) is 31.2 Å². The molecule has 0 fully saturated rings. The van der Waals surface area contributed by atoms with Crippen molar-refractivity contribution in [3.8, 4) is 22.0 Å². The van der Waals surface area contributed by atoms with Crippen LogP contribution in [0.1, 0.15) is 4.88 Å². The Morgan fingerprint density at radius 3 is 2.83 bits per heavy atom. The first-order chi connectivity index (χ1) is 8.74. The summed E-state index contributed by atoms with van der Waals surface area (Å²) in [5, 5.41) is 1.62. The second kappa shape index (κ2) is 4.59. The van der Waals surface area contributed by atoms with Crippen LogP contribution >= 0.6 is 22.9 Å². The van der Waals surface area contributed by atoms with Gasteiger partial charge in [-0.15, -0.1) is 11.3 Å². The van der Waals surface area contributed by atoms with E-state index < -0.39 is 0 Å². The molecular formula is C14H10ClNOS. The fourth-order valence-electron chi connectivity index (χ4n) is 1.81. The van der Waals surface area contributed by atoms with Gasteiger partial charge < -0.3 is 4.42 Å². The molecule has 3 aromatic rings. The van der Waals surface area contributed by atoms with Crippen molar-refractivity contribution in [2.75, 3.05) is 0 Å². The highest BCUT2D eigenvalue weighted by atomic mass is 35.5. The van der Waals surface area contributed by atoms with E-state index in [-0.39, 0.29) is 0 Å². The summed E-state index contributed by atoms with van der Waals surface area (Å²) >= 11 is 7.64. The van der Waals surface area contributed by atoms with Gasteiger partial charge in [-0.25, -0.2) is 4.98 Å². The van der Waals surface area contributed by atoms with Crippen LogP contribution in [0.3, 0.4) is 0 Å². The van der Waals surface area contributed by atoms with Crippen molar-refractivity contribution < 1.29 is 4.42 Å². The molecule has 0 spiro atoms. The number of halogens is 1. The van der Waals surface area contributed by atoms with Crippen molar-refractivity contribution in [2.24, 2.45) is 0 Å². The molecule has 0 atom stereocenters. The quantitative estimate of drug-likeness (QED) is 0.655. The van der Waals surface area contributed by atoms with Gasteiger partial charge in [0.1, 0.15) is 0 Å². The third-order valence-electron chi connectivity index (χ3n) is 2.63. The lowest BCUT2D eigenvalue weighted by atomic mass is 10.1. The zero-order chi connectivity index (χ0) is 12.5. The Balaban J connectivity index is 2.09. The van der Waals surface area contributed by atoms with Crippen LogP contribution in [0.5, 0.6) is 0 Å². The van der Waals surface area contributed by atoms with Crippen LogP contribution in [0.15, 0.2) is 47.1 Å². The summed E-state index contributed by atoms with van der Waals surface area (Å²) in [5.41, 5.74) is 2.00. The minimum absolute atomic E-state index is 0.722. The lowest BCUT2D eigenvalue weighted by Crippen LogP contribution is -1.80. The number of aromatic nitrogens is 1. The molecule has 0 radical (unpaired) electrons. The van der Waals surface area contributed by atoms with E-state index in [1.807, 2.05) is 36.4 Å². The fraction of sp³-hybridized carbons (Fsp3) is 0.0714. The molecule has 0 unspecified atom stereocenters. The molecule has 2 nitrogen and oxygen atoms in total. The van der Waals surface area contributed by atoms with Gasteiger partial charge in [0, 0.05) is 15.5 Å². The molecule has 4 heteroatoms. The predicted molar refractivity (Wildman–Crippen MR) is 75.0 cm³/mol. The van der Waals surface area contributed by atoms with Crippen molar-refractivity contribution in [1.82, 2.24) is 4.98 Å². The number of hydrogen-bond donors (Lipinski definition) is 0. The molecule has 2 aromatic heterocycles. The molecule has 90 valence electrons. The molecule has 0 aliphatic carbocycles. The van der Waals surface area contributed by atoms with E-state index in [0.29, 0.717) is 0 Å². The second-order valence-corrected chi connectivity index (χ2v) is 5.55. The molecule has 0 bridgehead atoms. The molecule has 1 aromatic carbocycles. The number of thiazole rings is 1. The monoisotopic (exact) mass is 275 g/mol. The van der Waals surface area contributed by atoms with E-state index in [0.717, 1.165) is 31.9 Å². The number of hydrogen-bond acceptors (Lipinski definition) is 3. The van der Waals surface area contributed by atoms with E-state index in [9.17, 15) is 0 Å². The minimum Gasteiger partial charge on any atom is -0.462 e. The highest BCUT2D eigenvalue weighted by Crippen LogP contribution is 2.34.